The molecule has 0 saturated heterocycles. The maximum absolute atomic E-state index is 11.4. The first-order chi connectivity index (χ1) is 10.5. The molecule has 6 nitrogen and oxygen atoms in total. The van der Waals surface area contributed by atoms with E-state index >= 15 is 0 Å². The summed E-state index contributed by atoms with van der Waals surface area (Å²) >= 11 is 0. The van der Waals surface area contributed by atoms with Crippen molar-refractivity contribution in [1.82, 2.24) is 0 Å². The molecule has 0 saturated carbocycles. The number of carboxylic acid groups (broad SMARTS) is 1. The Hall–Kier alpha value is -3.02. The molecule has 0 atom stereocenters. The van der Waals surface area contributed by atoms with Crippen molar-refractivity contribution in [1.29, 1.82) is 0 Å². The van der Waals surface area contributed by atoms with E-state index in [1.165, 1.54) is 18.2 Å². The van der Waals surface area contributed by atoms with Gasteiger partial charge in [-0.05, 0) is 36.8 Å². The quantitative estimate of drug-likeness (QED) is 0.680. The van der Waals surface area contributed by atoms with E-state index in [0.717, 1.165) is 10.9 Å². The summed E-state index contributed by atoms with van der Waals surface area (Å²) in [7, 11) is 0. The number of fused-ring (bicyclic) bond motifs is 1. The van der Waals surface area contributed by atoms with Crippen molar-refractivity contribution < 1.29 is 23.5 Å². The van der Waals surface area contributed by atoms with Crippen LogP contribution >= 0.6 is 0 Å². The van der Waals surface area contributed by atoms with Gasteiger partial charge in [-0.1, -0.05) is 0 Å². The van der Waals surface area contributed by atoms with Crippen LogP contribution in [-0.4, -0.2) is 5.97 Å². The number of aromatic carboxylic acids is 1. The molecule has 22 heavy (non-hydrogen) atoms. The van der Waals surface area contributed by atoms with E-state index in [1.807, 2.05) is 6.92 Å². The minimum absolute atomic E-state index is 0.0504. The number of carboxylic acids is 1. The molecular weight excluding hydrogens is 288 g/mol. The number of furan rings is 1. The summed E-state index contributed by atoms with van der Waals surface area (Å²) < 4.78 is 15.7. The Balaban J connectivity index is 1.81. The molecule has 0 fully saturated rings. The van der Waals surface area contributed by atoms with Gasteiger partial charge >= 0.3 is 5.63 Å². The number of hydrogen-bond donors (Lipinski definition) is 0. The lowest BCUT2D eigenvalue weighted by molar-refractivity contribution is -0.257. The smallest absolute Gasteiger partial charge is 0.336 e. The standard InChI is InChI=1S/C16H12O6/c1-9-6-15(17)22-14-7-10(2-4-12(9)14)20-8-11-3-5-13(21-11)16(18)19/h2-7H,8H2,1H3,(H,18,19)/p-1. The predicted octanol–water partition coefficient (Wildman–Crippen LogP) is 1.64. The first-order valence-electron chi connectivity index (χ1n) is 6.50. The van der Waals surface area contributed by atoms with Crippen molar-refractivity contribution in [2.24, 2.45) is 0 Å². The van der Waals surface area contributed by atoms with E-state index in [0.29, 0.717) is 17.1 Å². The summed E-state index contributed by atoms with van der Waals surface area (Å²) in [5.74, 6) is -0.800. The first-order valence-corrected chi connectivity index (χ1v) is 6.50. The molecule has 1 aromatic carbocycles. The monoisotopic (exact) mass is 299 g/mol. The third kappa shape index (κ3) is 2.71. The Bertz CT molecular complexity index is 902. The Labute approximate surface area is 124 Å². The molecule has 0 amide bonds. The van der Waals surface area contributed by atoms with Gasteiger partial charge in [-0.15, -0.1) is 0 Å². The van der Waals surface area contributed by atoms with Gasteiger partial charge < -0.3 is 23.5 Å². The van der Waals surface area contributed by atoms with Gasteiger partial charge in [-0.2, -0.15) is 0 Å². The molecule has 2 aromatic heterocycles. The van der Waals surface area contributed by atoms with E-state index in [9.17, 15) is 14.7 Å². The summed E-state index contributed by atoms with van der Waals surface area (Å²) in [6.45, 7) is 1.87. The highest BCUT2D eigenvalue weighted by Gasteiger charge is 2.06. The van der Waals surface area contributed by atoms with Crippen molar-refractivity contribution >= 4 is 16.9 Å². The van der Waals surface area contributed by atoms with Crippen molar-refractivity contribution in [3.8, 4) is 5.75 Å². The SMILES string of the molecule is Cc1cc(=O)oc2cc(OCc3ccc(C(=O)[O-])o3)ccc12. The van der Waals surface area contributed by atoms with Crippen LogP contribution in [0, 0.1) is 6.92 Å². The Morgan fingerprint density at radius 3 is 2.73 bits per heavy atom. The topological polar surface area (TPSA) is 92.7 Å². The highest BCUT2D eigenvalue weighted by atomic mass is 16.5. The van der Waals surface area contributed by atoms with Gasteiger partial charge in [-0.25, -0.2) is 4.79 Å². The molecular formula is C16H11O6-. The Morgan fingerprint density at radius 2 is 2.00 bits per heavy atom. The molecule has 2 heterocycles. The molecule has 0 radical (unpaired) electrons. The number of carbonyl (C=O) groups is 1. The van der Waals surface area contributed by atoms with Crippen molar-refractivity contribution in [3.05, 3.63) is 63.9 Å². The maximum atomic E-state index is 11.4. The highest BCUT2D eigenvalue weighted by Crippen LogP contribution is 2.23. The largest absolute Gasteiger partial charge is 0.542 e. The van der Waals surface area contributed by atoms with Crippen LogP contribution in [0.3, 0.4) is 0 Å². The number of rotatable bonds is 4. The van der Waals surface area contributed by atoms with E-state index in [1.54, 1.807) is 18.2 Å². The molecule has 0 aliphatic carbocycles. The third-order valence-corrected chi connectivity index (χ3v) is 3.17. The molecule has 3 rings (SSSR count). The molecule has 6 heteroatoms. The average molecular weight is 299 g/mol. The molecule has 0 bridgehead atoms. The zero-order valence-corrected chi connectivity index (χ0v) is 11.6. The first kappa shape index (κ1) is 13.9. The molecule has 0 N–H and O–H groups in total. The zero-order chi connectivity index (χ0) is 15.7. The Kier molecular flexibility index (Phi) is 3.42. The third-order valence-electron chi connectivity index (χ3n) is 3.17. The van der Waals surface area contributed by atoms with Gasteiger partial charge in [0.1, 0.15) is 35.4 Å². The van der Waals surface area contributed by atoms with E-state index in [4.69, 9.17) is 13.6 Å². The lowest BCUT2D eigenvalue weighted by Gasteiger charge is -2.06. The minimum atomic E-state index is -1.38. The molecule has 0 aliphatic rings. The van der Waals surface area contributed by atoms with Crippen molar-refractivity contribution in [2.45, 2.75) is 13.5 Å². The fourth-order valence-electron chi connectivity index (χ4n) is 2.11. The van der Waals surface area contributed by atoms with Crippen LogP contribution < -0.4 is 15.5 Å². The number of aryl methyl sites for hydroxylation is 1. The molecule has 112 valence electrons. The van der Waals surface area contributed by atoms with Gasteiger partial charge in [0.2, 0.25) is 0 Å². The summed E-state index contributed by atoms with van der Waals surface area (Å²) in [4.78, 5) is 22.0. The van der Waals surface area contributed by atoms with Gasteiger partial charge in [0.25, 0.3) is 0 Å². The Morgan fingerprint density at radius 1 is 1.18 bits per heavy atom. The average Bonchev–Trinajstić information content (AvgIpc) is 2.93. The fraction of sp³-hybridized carbons (Fsp3) is 0.125. The highest BCUT2D eigenvalue weighted by molar-refractivity contribution is 5.82. The number of carbonyl (C=O) groups excluding carboxylic acids is 1. The molecule has 0 aliphatic heterocycles. The summed E-state index contributed by atoms with van der Waals surface area (Å²) in [5, 5.41) is 11.4. The summed E-state index contributed by atoms with van der Waals surface area (Å²) in [6.07, 6.45) is 0. The van der Waals surface area contributed by atoms with Crippen LogP contribution in [-0.2, 0) is 6.61 Å². The second kappa shape index (κ2) is 5.40. The van der Waals surface area contributed by atoms with Crippen LogP contribution in [0.25, 0.3) is 11.0 Å². The number of benzene rings is 1. The van der Waals surface area contributed by atoms with E-state index < -0.39 is 11.6 Å². The van der Waals surface area contributed by atoms with Crippen LogP contribution in [0.2, 0.25) is 0 Å². The van der Waals surface area contributed by atoms with Crippen LogP contribution in [0.1, 0.15) is 21.9 Å². The van der Waals surface area contributed by atoms with Crippen LogP contribution in [0.5, 0.6) is 5.75 Å². The number of hydrogen-bond acceptors (Lipinski definition) is 6. The second-order valence-corrected chi connectivity index (χ2v) is 4.75. The zero-order valence-electron chi connectivity index (χ0n) is 11.6. The molecule has 3 aromatic rings. The lowest BCUT2D eigenvalue weighted by atomic mass is 10.1. The van der Waals surface area contributed by atoms with Crippen LogP contribution in [0.4, 0.5) is 0 Å². The van der Waals surface area contributed by atoms with Crippen molar-refractivity contribution in [3.63, 3.8) is 0 Å². The van der Waals surface area contributed by atoms with Gasteiger partial charge in [0, 0.05) is 17.5 Å². The summed E-state index contributed by atoms with van der Waals surface area (Å²) in [5.41, 5.74) is 0.826. The van der Waals surface area contributed by atoms with Crippen LogP contribution in [0.15, 0.2) is 50.0 Å². The van der Waals surface area contributed by atoms with Gasteiger partial charge in [-0.3, -0.25) is 0 Å². The molecule has 0 unspecified atom stereocenters. The van der Waals surface area contributed by atoms with Crippen molar-refractivity contribution in [2.75, 3.05) is 0 Å². The summed E-state index contributed by atoms with van der Waals surface area (Å²) in [6, 6.07) is 9.35. The lowest BCUT2D eigenvalue weighted by Crippen LogP contribution is -2.21. The van der Waals surface area contributed by atoms with Gasteiger partial charge in [0.05, 0.1) is 0 Å². The van der Waals surface area contributed by atoms with Gasteiger partial charge in [0.15, 0.2) is 0 Å². The second-order valence-electron chi connectivity index (χ2n) is 4.75. The minimum Gasteiger partial charge on any atom is -0.542 e. The van der Waals surface area contributed by atoms with E-state index in [-0.39, 0.29) is 12.4 Å². The normalized spacial score (nSPS) is 10.8. The fourth-order valence-corrected chi connectivity index (χ4v) is 2.11. The molecule has 0 spiro atoms. The predicted molar refractivity (Wildman–Crippen MR) is 74.6 cm³/mol. The maximum Gasteiger partial charge on any atom is 0.336 e. The van der Waals surface area contributed by atoms with E-state index in [2.05, 4.69) is 0 Å². The number of ether oxygens (including phenoxy) is 1.